The summed E-state index contributed by atoms with van der Waals surface area (Å²) in [7, 11) is -4.21. The maximum atomic E-state index is 11.4. The van der Waals surface area contributed by atoms with Crippen LogP contribution < -0.4 is 10.2 Å². The lowest BCUT2D eigenvalue weighted by molar-refractivity contribution is -0.135. The first kappa shape index (κ1) is 20.5. The third-order valence-electron chi connectivity index (χ3n) is 3.02. The third kappa shape index (κ3) is 7.81. The maximum absolute atomic E-state index is 11.4. The van der Waals surface area contributed by atoms with Crippen molar-refractivity contribution in [3.63, 3.8) is 0 Å². The number of carbonyl (C=O) groups excluding carboxylic acids is 1. The molecular weight excluding hydrogens is 342 g/mol. The zero-order valence-corrected chi connectivity index (χ0v) is 13.9. The number of rotatable bonds is 10. The van der Waals surface area contributed by atoms with Crippen LogP contribution >= 0.6 is 0 Å². The summed E-state index contributed by atoms with van der Waals surface area (Å²) in [4.78, 5) is 11.4. The van der Waals surface area contributed by atoms with E-state index in [9.17, 15) is 18.3 Å². The van der Waals surface area contributed by atoms with E-state index < -0.39 is 40.6 Å². The number of hydrogen-bond acceptors (Lipinski definition) is 8. The number of hydrogen-bond donors (Lipinski definition) is 4. The van der Waals surface area contributed by atoms with Gasteiger partial charge in [-0.15, -0.1) is 0 Å². The zero-order chi connectivity index (χ0) is 18.2. The van der Waals surface area contributed by atoms with Gasteiger partial charge in [-0.05, 0) is 31.0 Å². The largest absolute Gasteiger partial charge is 0.427 e. The minimum absolute atomic E-state index is 0.206. The van der Waals surface area contributed by atoms with Crippen LogP contribution in [0.5, 0.6) is 5.75 Å². The fourth-order valence-electron chi connectivity index (χ4n) is 1.84. The molecule has 4 N–H and O–H groups in total. The van der Waals surface area contributed by atoms with E-state index in [0.717, 1.165) is 5.56 Å². The maximum Gasteiger partial charge on any atom is 0.312 e. The van der Waals surface area contributed by atoms with Gasteiger partial charge in [0.2, 0.25) is 0 Å². The molecule has 0 aromatic heterocycles. The molecule has 0 saturated heterocycles. The van der Waals surface area contributed by atoms with Crippen molar-refractivity contribution in [3.05, 3.63) is 29.8 Å². The molecule has 9 nitrogen and oxygen atoms in total. The van der Waals surface area contributed by atoms with Gasteiger partial charge in [0.15, 0.2) is 6.29 Å². The third-order valence-corrected chi connectivity index (χ3v) is 3.74. The Labute approximate surface area is 139 Å². The number of hydroxylamine groups is 1. The topological polar surface area (TPSA) is 142 Å². The van der Waals surface area contributed by atoms with Crippen LogP contribution in [0.3, 0.4) is 0 Å². The van der Waals surface area contributed by atoms with Crippen LogP contribution in [0.25, 0.3) is 0 Å². The molecule has 0 radical (unpaired) electrons. The number of ether oxygens (including phenoxy) is 2. The van der Waals surface area contributed by atoms with Crippen molar-refractivity contribution >= 4 is 16.1 Å². The van der Waals surface area contributed by atoms with E-state index in [-0.39, 0.29) is 18.8 Å². The van der Waals surface area contributed by atoms with Gasteiger partial charge in [-0.25, -0.2) is 0 Å². The summed E-state index contributed by atoms with van der Waals surface area (Å²) in [6.07, 6.45) is -1.38. The number of benzene rings is 1. The normalized spacial score (nSPS) is 14.2. The summed E-state index contributed by atoms with van der Waals surface area (Å²) in [5.41, 5.74) is 2.71. The smallest absolute Gasteiger partial charge is 0.312 e. The molecule has 0 spiro atoms. The van der Waals surface area contributed by atoms with Crippen molar-refractivity contribution in [1.82, 2.24) is 5.48 Å². The second kappa shape index (κ2) is 9.67. The van der Waals surface area contributed by atoms with Crippen LogP contribution in [0.15, 0.2) is 24.3 Å². The summed E-state index contributed by atoms with van der Waals surface area (Å²) >= 11 is 0. The second-order valence-corrected chi connectivity index (χ2v) is 6.51. The summed E-state index contributed by atoms with van der Waals surface area (Å²) in [6, 6.07) is 5.49. The first-order valence-corrected chi connectivity index (χ1v) is 8.80. The first-order chi connectivity index (χ1) is 11.2. The molecule has 0 bridgehead atoms. The standard InChI is InChI=1S/C14H21NO8S/c1-2-22-14(17)12(15-18)9-10-3-5-11(6-4-10)23-13(16)7-8-24(19,20)21/h3-6,12,14-15,17-18H,2,7-9H2,1H3,(H,19,20,21). The number of nitrogens with one attached hydrogen (secondary N) is 1. The van der Waals surface area contributed by atoms with Crippen molar-refractivity contribution in [2.24, 2.45) is 0 Å². The van der Waals surface area contributed by atoms with Gasteiger partial charge in [-0.1, -0.05) is 12.1 Å². The number of aliphatic hydroxyl groups is 1. The van der Waals surface area contributed by atoms with Gasteiger partial charge in [0.25, 0.3) is 10.1 Å². The fraction of sp³-hybridized carbons (Fsp3) is 0.500. The summed E-state index contributed by atoms with van der Waals surface area (Å²) in [5.74, 6) is -1.29. The molecule has 2 atom stereocenters. The Morgan fingerprint density at radius 2 is 1.92 bits per heavy atom. The highest BCUT2D eigenvalue weighted by Gasteiger charge is 2.19. The van der Waals surface area contributed by atoms with E-state index in [2.05, 4.69) is 0 Å². The van der Waals surface area contributed by atoms with Crippen LogP contribution in [0, 0.1) is 0 Å². The quantitative estimate of drug-likeness (QED) is 0.150. The van der Waals surface area contributed by atoms with Gasteiger partial charge in [-0.2, -0.15) is 13.9 Å². The molecule has 0 saturated carbocycles. The molecule has 1 aromatic carbocycles. The highest BCUT2D eigenvalue weighted by atomic mass is 32.2. The molecule has 0 heterocycles. The van der Waals surface area contributed by atoms with E-state index in [1.54, 1.807) is 19.1 Å². The summed E-state index contributed by atoms with van der Waals surface area (Å²) in [5, 5.41) is 18.7. The minimum Gasteiger partial charge on any atom is -0.427 e. The van der Waals surface area contributed by atoms with Crippen molar-refractivity contribution < 1.29 is 37.6 Å². The van der Waals surface area contributed by atoms with E-state index in [1.165, 1.54) is 12.1 Å². The zero-order valence-electron chi connectivity index (χ0n) is 13.1. The number of carbonyl (C=O) groups is 1. The molecule has 0 aliphatic carbocycles. The van der Waals surface area contributed by atoms with Crippen molar-refractivity contribution in [2.75, 3.05) is 12.4 Å². The van der Waals surface area contributed by atoms with Crippen molar-refractivity contribution in [1.29, 1.82) is 0 Å². The van der Waals surface area contributed by atoms with Gasteiger partial charge < -0.3 is 19.8 Å². The molecule has 0 aliphatic rings. The predicted octanol–water partition coefficient (Wildman–Crippen LogP) is 0.115. The molecule has 0 aliphatic heterocycles. The Morgan fingerprint density at radius 1 is 1.29 bits per heavy atom. The first-order valence-electron chi connectivity index (χ1n) is 7.19. The fourth-order valence-corrected chi connectivity index (χ4v) is 2.26. The lowest BCUT2D eigenvalue weighted by atomic mass is 10.1. The molecule has 10 heteroatoms. The average molecular weight is 363 g/mol. The van der Waals surface area contributed by atoms with E-state index in [1.807, 2.05) is 5.48 Å². The van der Waals surface area contributed by atoms with Crippen LogP contribution in [0.4, 0.5) is 0 Å². The molecular formula is C14H21NO8S. The predicted molar refractivity (Wildman–Crippen MR) is 83.2 cm³/mol. The van der Waals surface area contributed by atoms with Gasteiger partial charge in [-0.3, -0.25) is 9.35 Å². The molecule has 2 unspecified atom stereocenters. The number of esters is 1. The Morgan fingerprint density at radius 3 is 2.42 bits per heavy atom. The lowest BCUT2D eigenvalue weighted by Crippen LogP contribution is -2.41. The van der Waals surface area contributed by atoms with Gasteiger partial charge in [0.05, 0.1) is 18.2 Å². The summed E-state index contributed by atoms with van der Waals surface area (Å²) < 4.78 is 39.6. The van der Waals surface area contributed by atoms with Crippen LogP contribution in [-0.2, 0) is 26.1 Å². The van der Waals surface area contributed by atoms with Crippen molar-refractivity contribution in [2.45, 2.75) is 32.1 Å². The Kier molecular flexibility index (Phi) is 8.25. The van der Waals surface area contributed by atoms with Crippen LogP contribution in [0.2, 0.25) is 0 Å². The molecule has 0 fully saturated rings. The molecule has 136 valence electrons. The van der Waals surface area contributed by atoms with E-state index in [0.29, 0.717) is 0 Å². The van der Waals surface area contributed by atoms with Crippen molar-refractivity contribution in [3.8, 4) is 5.75 Å². The second-order valence-electron chi connectivity index (χ2n) is 4.94. The molecule has 0 amide bonds. The van der Waals surface area contributed by atoms with Gasteiger partial charge in [0.1, 0.15) is 5.75 Å². The highest BCUT2D eigenvalue weighted by Crippen LogP contribution is 2.15. The van der Waals surface area contributed by atoms with Crippen LogP contribution in [-0.4, -0.2) is 53.9 Å². The minimum atomic E-state index is -4.21. The molecule has 1 rings (SSSR count). The highest BCUT2D eigenvalue weighted by molar-refractivity contribution is 7.85. The SMILES string of the molecule is CCOC(O)C(Cc1ccc(OC(=O)CCS(=O)(=O)O)cc1)NO. The Balaban J connectivity index is 2.57. The molecule has 24 heavy (non-hydrogen) atoms. The van der Waals surface area contributed by atoms with E-state index in [4.69, 9.17) is 19.2 Å². The average Bonchev–Trinajstić information content (AvgIpc) is 2.51. The molecule has 1 aromatic rings. The van der Waals surface area contributed by atoms with Gasteiger partial charge >= 0.3 is 5.97 Å². The monoisotopic (exact) mass is 363 g/mol. The Bertz CT molecular complexity index is 616. The summed E-state index contributed by atoms with van der Waals surface area (Å²) in [6.45, 7) is 2.00. The van der Waals surface area contributed by atoms with Crippen LogP contribution in [0.1, 0.15) is 18.9 Å². The number of aliphatic hydroxyl groups excluding tert-OH is 1. The Hall–Kier alpha value is -1.56. The van der Waals surface area contributed by atoms with Gasteiger partial charge in [0, 0.05) is 6.61 Å². The van der Waals surface area contributed by atoms with E-state index >= 15 is 0 Å². The lowest BCUT2D eigenvalue weighted by Gasteiger charge is -2.21.